The van der Waals surface area contributed by atoms with E-state index in [1.165, 1.54) is 13.8 Å². The molecule has 0 nitrogen and oxygen atoms in total. The third-order valence-electron chi connectivity index (χ3n) is 3.57. The standard InChI is InChI=1S/C15H7F7S/c1-3(2)4-7(16)10(19)8(17)5-6-9(18)11(20)12(21)13(22)15(6)23-14(4)5/h3H,1-2H3. The second kappa shape index (κ2) is 5.09. The normalized spacial score (nSPS) is 12.1. The monoisotopic (exact) mass is 352 g/mol. The predicted molar refractivity (Wildman–Crippen MR) is 73.1 cm³/mol. The molecule has 0 N–H and O–H groups in total. The number of halogens is 7. The fourth-order valence-electron chi connectivity index (χ4n) is 2.54. The van der Waals surface area contributed by atoms with Crippen molar-refractivity contribution in [2.45, 2.75) is 19.8 Å². The van der Waals surface area contributed by atoms with E-state index in [0.717, 1.165) is 0 Å². The van der Waals surface area contributed by atoms with Crippen molar-refractivity contribution in [3.05, 3.63) is 46.3 Å². The molecule has 2 aromatic carbocycles. The van der Waals surface area contributed by atoms with Crippen molar-refractivity contribution < 1.29 is 30.7 Å². The summed E-state index contributed by atoms with van der Waals surface area (Å²) < 4.78 is 95.5. The van der Waals surface area contributed by atoms with E-state index in [1.807, 2.05) is 0 Å². The van der Waals surface area contributed by atoms with Crippen molar-refractivity contribution in [1.29, 1.82) is 0 Å². The summed E-state index contributed by atoms with van der Waals surface area (Å²) in [5, 5.41) is -1.72. The number of thiophene rings is 1. The second-order valence-electron chi connectivity index (χ2n) is 5.28. The molecule has 0 saturated heterocycles. The molecule has 0 amide bonds. The first-order valence-corrected chi connectivity index (χ1v) is 7.24. The Labute approximate surface area is 129 Å². The molecule has 0 saturated carbocycles. The number of hydrogen-bond donors (Lipinski definition) is 0. The molecule has 1 aromatic heterocycles. The van der Waals surface area contributed by atoms with Gasteiger partial charge < -0.3 is 0 Å². The molecule has 23 heavy (non-hydrogen) atoms. The van der Waals surface area contributed by atoms with Gasteiger partial charge in [0.25, 0.3) is 0 Å². The third kappa shape index (κ3) is 1.97. The van der Waals surface area contributed by atoms with Crippen LogP contribution in [0.1, 0.15) is 25.3 Å². The van der Waals surface area contributed by atoms with Gasteiger partial charge in [-0.3, -0.25) is 0 Å². The summed E-state index contributed by atoms with van der Waals surface area (Å²) in [5.74, 6) is -13.5. The van der Waals surface area contributed by atoms with Crippen LogP contribution >= 0.6 is 11.3 Å². The lowest BCUT2D eigenvalue weighted by molar-refractivity contribution is 0.418. The Bertz CT molecular complexity index is 972. The lowest BCUT2D eigenvalue weighted by Crippen LogP contribution is -2.01. The first-order chi connectivity index (χ1) is 10.7. The van der Waals surface area contributed by atoms with Gasteiger partial charge in [0.2, 0.25) is 0 Å². The maximum atomic E-state index is 14.1. The molecule has 8 heteroatoms. The Morgan fingerprint density at radius 3 is 1.52 bits per heavy atom. The van der Waals surface area contributed by atoms with Crippen LogP contribution in [-0.2, 0) is 0 Å². The van der Waals surface area contributed by atoms with Gasteiger partial charge in [-0.2, -0.15) is 0 Å². The molecule has 0 spiro atoms. The molecule has 3 aromatic rings. The lowest BCUT2D eigenvalue weighted by atomic mass is 9.98. The van der Waals surface area contributed by atoms with Crippen molar-refractivity contribution in [2.75, 3.05) is 0 Å². The van der Waals surface area contributed by atoms with Crippen LogP contribution in [0.15, 0.2) is 0 Å². The van der Waals surface area contributed by atoms with Crippen LogP contribution in [0.3, 0.4) is 0 Å². The van der Waals surface area contributed by atoms with Gasteiger partial charge in [-0.05, 0) is 5.92 Å². The van der Waals surface area contributed by atoms with Crippen LogP contribution in [0, 0.1) is 40.7 Å². The average molecular weight is 352 g/mol. The lowest BCUT2D eigenvalue weighted by Gasteiger charge is -2.10. The summed E-state index contributed by atoms with van der Waals surface area (Å²) in [6.07, 6.45) is 0. The number of fused-ring (bicyclic) bond motifs is 3. The fraction of sp³-hybridized carbons (Fsp3) is 0.200. The highest BCUT2D eigenvalue weighted by Gasteiger charge is 2.30. The third-order valence-corrected chi connectivity index (χ3v) is 4.78. The second-order valence-corrected chi connectivity index (χ2v) is 6.30. The molecule has 0 fully saturated rings. The van der Waals surface area contributed by atoms with Crippen molar-refractivity contribution >= 4 is 31.5 Å². The van der Waals surface area contributed by atoms with E-state index < -0.39 is 62.1 Å². The van der Waals surface area contributed by atoms with E-state index in [4.69, 9.17) is 0 Å². The Kier molecular flexibility index (Phi) is 3.55. The Hall–Kier alpha value is -1.83. The van der Waals surface area contributed by atoms with Gasteiger partial charge in [0.05, 0.1) is 4.70 Å². The minimum Gasteiger partial charge on any atom is -0.203 e. The van der Waals surface area contributed by atoms with Crippen LogP contribution in [0.25, 0.3) is 20.2 Å². The first kappa shape index (κ1) is 16.0. The van der Waals surface area contributed by atoms with Crippen molar-refractivity contribution in [3.63, 3.8) is 0 Å². The molecule has 0 aliphatic carbocycles. The van der Waals surface area contributed by atoms with Gasteiger partial charge in [-0.15, -0.1) is 11.3 Å². The van der Waals surface area contributed by atoms with Crippen LogP contribution in [0.2, 0.25) is 0 Å². The van der Waals surface area contributed by atoms with Crippen LogP contribution in [-0.4, -0.2) is 0 Å². The summed E-state index contributed by atoms with van der Waals surface area (Å²) in [6.45, 7) is 2.93. The topological polar surface area (TPSA) is 0 Å². The largest absolute Gasteiger partial charge is 0.203 e. The zero-order valence-electron chi connectivity index (χ0n) is 11.6. The zero-order chi connectivity index (χ0) is 17.2. The van der Waals surface area contributed by atoms with Gasteiger partial charge in [-0.25, -0.2) is 30.7 Å². The summed E-state index contributed by atoms with van der Waals surface area (Å²) >= 11 is 0.349. The van der Waals surface area contributed by atoms with E-state index in [1.54, 1.807) is 0 Å². The number of benzene rings is 2. The molecule has 3 rings (SSSR count). The summed E-state index contributed by atoms with van der Waals surface area (Å²) in [7, 11) is 0. The van der Waals surface area contributed by atoms with Gasteiger partial charge in [0, 0.05) is 21.0 Å². The van der Waals surface area contributed by atoms with E-state index in [2.05, 4.69) is 0 Å². The van der Waals surface area contributed by atoms with Gasteiger partial charge in [0.1, 0.15) is 0 Å². The Morgan fingerprint density at radius 2 is 1.00 bits per heavy atom. The van der Waals surface area contributed by atoms with Crippen LogP contribution < -0.4 is 0 Å². The molecular formula is C15H7F7S. The smallest absolute Gasteiger partial charge is 0.198 e. The van der Waals surface area contributed by atoms with Crippen molar-refractivity contribution in [2.24, 2.45) is 0 Å². The molecule has 0 aliphatic heterocycles. The molecule has 0 bridgehead atoms. The maximum absolute atomic E-state index is 14.1. The summed E-state index contributed by atoms with van der Waals surface area (Å²) in [5.41, 5.74) is -0.306. The van der Waals surface area contributed by atoms with Gasteiger partial charge in [-0.1, -0.05) is 13.8 Å². The Balaban J connectivity index is 2.72. The van der Waals surface area contributed by atoms with Crippen molar-refractivity contribution in [1.82, 2.24) is 0 Å². The van der Waals surface area contributed by atoms with Gasteiger partial charge >= 0.3 is 0 Å². The minimum atomic E-state index is -2.13. The van der Waals surface area contributed by atoms with E-state index in [0.29, 0.717) is 11.3 Å². The van der Waals surface area contributed by atoms with Crippen LogP contribution in [0.5, 0.6) is 0 Å². The van der Waals surface area contributed by atoms with E-state index >= 15 is 0 Å². The first-order valence-electron chi connectivity index (χ1n) is 6.42. The highest BCUT2D eigenvalue weighted by molar-refractivity contribution is 7.26. The molecular weight excluding hydrogens is 345 g/mol. The summed E-state index contributed by atoms with van der Waals surface area (Å²) in [4.78, 5) is 0. The van der Waals surface area contributed by atoms with Crippen LogP contribution in [0.4, 0.5) is 30.7 Å². The van der Waals surface area contributed by atoms with E-state index in [9.17, 15) is 30.7 Å². The maximum Gasteiger partial charge on any atom is 0.198 e. The molecule has 0 atom stereocenters. The predicted octanol–water partition coefficient (Wildman–Crippen LogP) is 6.15. The SMILES string of the molecule is CC(C)c1c(F)c(F)c(F)c2c1sc1c(F)c(F)c(F)c(F)c12. The van der Waals surface area contributed by atoms with Gasteiger partial charge in [0.15, 0.2) is 40.7 Å². The van der Waals surface area contributed by atoms with Crippen molar-refractivity contribution in [3.8, 4) is 0 Å². The molecule has 0 aliphatic rings. The molecule has 0 unspecified atom stereocenters. The molecule has 1 heterocycles. The molecule has 0 radical (unpaired) electrons. The summed E-state index contributed by atoms with van der Waals surface area (Å²) in [6, 6.07) is 0. The Morgan fingerprint density at radius 1 is 0.565 bits per heavy atom. The number of rotatable bonds is 1. The van der Waals surface area contributed by atoms with E-state index in [-0.39, 0.29) is 10.3 Å². The highest BCUT2D eigenvalue weighted by atomic mass is 32.1. The zero-order valence-corrected chi connectivity index (χ0v) is 12.4. The molecule has 122 valence electrons. The number of hydrogen-bond acceptors (Lipinski definition) is 1. The minimum absolute atomic E-state index is 0.283. The quantitative estimate of drug-likeness (QED) is 0.280. The average Bonchev–Trinajstić information content (AvgIpc) is 2.88. The highest BCUT2D eigenvalue weighted by Crippen LogP contribution is 2.45. The fourth-order valence-corrected chi connectivity index (χ4v) is 3.94.